The Morgan fingerprint density at radius 1 is 1.19 bits per heavy atom. The lowest BCUT2D eigenvalue weighted by atomic mass is 9.97. The van der Waals surface area contributed by atoms with Crippen molar-refractivity contribution in [3.63, 3.8) is 0 Å². The first-order valence-corrected chi connectivity index (χ1v) is 10.7. The number of oxazole rings is 1. The molecule has 1 fully saturated rings. The molecule has 1 amide bonds. The Balaban J connectivity index is 1.25. The van der Waals surface area contributed by atoms with E-state index < -0.39 is 6.10 Å². The third kappa shape index (κ3) is 4.99. The average Bonchev–Trinajstić information content (AvgIpc) is 3.22. The lowest BCUT2D eigenvalue weighted by Crippen LogP contribution is -2.40. The molecule has 1 saturated heterocycles. The van der Waals surface area contributed by atoms with Crippen LogP contribution in [0, 0.1) is 5.92 Å². The second-order valence-electron chi connectivity index (χ2n) is 7.61. The van der Waals surface area contributed by atoms with Crippen molar-refractivity contribution in [2.24, 2.45) is 5.92 Å². The highest BCUT2D eigenvalue weighted by atomic mass is 35.5. The number of benzene rings is 2. The molecule has 1 atom stereocenters. The van der Waals surface area contributed by atoms with Crippen molar-refractivity contribution < 1.29 is 18.7 Å². The largest absolute Gasteiger partial charge is 0.452 e. The van der Waals surface area contributed by atoms with Crippen LogP contribution in [0.1, 0.15) is 25.3 Å². The van der Waals surface area contributed by atoms with E-state index in [-0.39, 0.29) is 24.3 Å². The van der Waals surface area contributed by atoms with Crippen LogP contribution >= 0.6 is 11.6 Å². The summed E-state index contributed by atoms with van der Waals surface area (Å²) in [5, 5.41) is 3.34. The predicted molar refractivity (Wildman–Crippen MR) is 118 cm³/mol. The van der Waals surface area contributed by atoms with Gasteiger partial charge in [-0.25, -0.2) is 0 Å². The van der Waals surface area contributed by atoms with E-state index in [9.17, 15) is 9.59 Å². The molecule has 0 bridgehead atoms. The Labute approximate surface area is 185 Å². The summed E-state index contributed by atoms with van der Waals surface area (Å²) in [7, 11) is 0. The van der Waals surface area contributed by atoms with Gasteiger partial charge in [0.05, 0.1) is 5.92 Å². The van der Waals surface area contributed by atoms with Gasteiger partial charge in [0.2, 0.25) is 0 Å². The summed E-state index contributed by atoms with van der Waals surface area (Å²) in [5.74, 6) is -0.950. The number of hydrogen-bond acceptors (Lipinski definition) is 6. The third-order valence-electron chi connectivity index (χ3n) is 5.45. The van der Waals surface area contributed by atoms with Crippen LogP contribution in [0.5, 0.6) is 0 Å². The van der Waals surface area contributed by atoms with E-state index in [4.69, 9.17) is 20.8 Å². The Bertz CT molecular complexity index is 1040. The standard InChI is InChI=1S/C23H24ClN3O4/c1-15(21(28)25-14-17-6-2-3-7-18(17)24)30-22(29)16-10-12-27(13-11-16)23-26-19-8-4-5-9-20(19)31-23/h2-9,15-16H,10-14H2,1H3,(H,25,28). The van der Waals surface area contributed by atoms with Gasteiger partial charge in [-0.3, -0.25) is 9.59 Å². The summed E-state index contributed by atoms with van der Waals surface area (Å²) in [4.78, 5) is 31.4. The normalized spacial score (nSPS) is 15.6. The van der Waals surface area contributed by atoms with Crippen molar-refractivity contribution in [2.45, 2.75) is 32.4 Å². The highest BCUT2D eigenvalue weighted by molar-refractivity contribution is 6.31. The topological polar surface area (TPSA) is 84.7 Å². The zero-order valence-electron chi connectivity index (χ0n) is 17.2. The van der Waals surface area contributed by atoms with Crippen LogP contribution in [0.3, 0.4) is 0 Å². The van der Waals surface area contributed by atoms with E-state index in [0.717, 1.165) is 16.7 Å². The fourth-order valence-corrected chi connectivity index (χ4v) is 3.80. The maximum atomic E-state index is 12.5. The van der Waals surface area contributed by atoms with Crippen molar-refractivity contribution in [3.05, 3.63) is 59.1 Å². The molecule has 1 aliphatic heterocycles. The van der Waals surface area contributed by atoms with Crippen molar-refractivity contribution in [2.75, 3.05) is 18.0 Å². The molecule has 4 rings (SSSR count). The second kappa shape index (κ2) is 9.39. The molecule has 0 radical (unpaired) electrons. The Morgan fingerprint density at radius 3 is 2.65 bits per heavy atom. The molecule has 1 N–H and O–H groups in total. The van der Waals surface area contributed by atoms with E-state index >= 15 is 0 Å². The number of amides is 1. The number of carbonyl (C=O) groups excluding carboxylic acids is 2. The molecular weight excluding hydrogens is 418 g/mol. The monoisotopic (exact) mass is 441 g/mol. The summed E-state index contributed by atoms with van der Waals surface area (Å²) in [6, 6.07) is 15.5. The number of nitrogens with zero attached hydrogens (tertiary/aromatic N) is 2. The number of ether oxygens (including phenoxy) is 1. The van der Waals surface area contributed by atoms with Gasteiger partial charge in [-0.05, 0) is 43.5 Å². The fourth-order valence-electron chi connectivity index (χ4n) is 3.59. The van der Waals surface area contributed by atoms with Gasteiger partial charge in [0.1, 0.15) is 5.52 Å². The number of piperidine rings is 1. The van der Waals surface area contributed by atoms with Crippen LogP contribution in [-0.4, -0.2) is 36.1 Å². The van der Waals surface area contributed by atoms with Gasteiger partial charge in [-0.1, -0.05) is 41.9 Å². The molecule has 8 heteroatoms. The number of esters is 1. The number of rotatable bonds is 6. The highest BCUT2D eigenvalue weighted by Gasteiger charge is 2.30. The molecule has 7 nitrogen and oxygen atoms in total. The van der Waals surface area contributed by atoms with Crippen LogP contribution in [0.2, 0.25) is 5.02 Å². The molecule has 0 spiro atoms. The first kappa shape index (κ1) is 21.2. The number of anilines is 1. The lowest BCUT2D eigenvalue weighted by Gasteiger charge is -2.30. The maximum absolute atomic E-state index is 12.5. The van der Waals surface area contributed by atoms with Gasteiger partial charge in [0.15, 0.2) is 11.7 Å². The van der Waals surface area contributed by atoms with Gasteiger partial charge in [0.25, 0.3) is 11.9 Å². The molecule has 3 aromatic rings. The van der Waals surface area contributed by atoms with Crippen LogP contribution in [-0.2, 0) is 20.9 Å². The number of halogens is 1. The molecule has 162 valence electrons. The van der Waals surface area contributed by atoms with Crippen molar-refractivity contribution in [1.29, 1.82) is 0 Å². The van der Waals surface area contributed by atoms with Gasteiger partial charge in [-0.15, -0.1) is 0 Å². The molecule has 2 heterocycles. The Hall–Kier alpha value is -3.06. The molecule has 31 heavy (non-hydrogen) atoms. The number of para-hydroxylation sites is 2. The maximum Gasteiger partial charge on any atom is 0.309 e. The molecule has 1 aromatic heterocycles. The quantitative estimate of drug-likeness (QED) is 0.583. The Morgan fingerprint density at radius 2 is 1.90 bits per heavy atom. The SMILES string of the molecule is CC(OC(=O)C1CCN(c2nc3ccccc3o2)CC1)C(=O)NCc1ccccc1Cl. The zero-order chi connectivity index (χ0) is 21.8. The number of nitrogens with one attached hydrogen (secondary N) is 1. The second-order valence-corrected chi connectivity index (χ2v) is 8.02. The summed E-state index contributed by atoms with van der Waals surface area (Å²) in [6.07, 6.45) is 0.363. The molecule has 1 unspecified atom stereocenters. The predicted octanol–water partition coefficient (Wildman–Crippen LogP) is 3.95. The summed E-state index contributed by atoms with van der Waals surface area (Å²) in [5.41, 5.74) is 2.37. The molecule has 0 saturated carbocycles. The minimum atomic E-state index is -0.870. The summed E-state index contributed by atoms with van der Waals surface area (Å²) >= 11 is 6.10. The lowest BCUT2D eigenvalue weighted by molar-refractivity contribution is -0.159. The van der Waals surface area contributed by atoms with Gasteiger partial charge < -0.3 is 19.4 Å². The molecular formula is C23H24ClN3O4. The van der Waals surface area contributed by atoms with Crippen molar-refractivity contribution in [3.8, 4) is 0 Å². The van der Waals surface area contributed by atoms with Crippen LogP contribution in [0.25, 0.3) is 11.1 Å². The van der Waals surface area contributed by atoms with Crippen LogP contribution in [0.15, 0.2) is 52.9 Å². The zero-order valence-corrected chi connectivity index (χ0v) is 18.0. The summed E-state index contributed by atoms with van der Waals surface area (Å²) in [6.45, 7) is 3.13. The van der Waals surface area contributed by atoms with Crippen LogP contribution < -0.4 is 10.2 Å². The van der Waals surface area contributed by atoms with E-state index in [2.05, 4.69) is 10.3 Å². The third-order valence-corrected chi connectivity index (χ3v) is 5.82. The molecule has 1 aliphatic rings. The molecule has 2 aromatic carbocycles. The highest BCUT2D eigenvalue weighted by Crippen LogP contribution is 2.27. The number of fused-ring (bicyclic) bond motifs is 1. The van der Waals surface area contributed by atoms with E-state index in [0.29, 0.717) is 37.0 Å². The van der Waals surface area contributed by atoms with E-state index in [1.807, 2.05) is 47.4 Å². The number of hydrogen-bond donors (Lipinski definition) is 1. The van der Waals surface area contributed by atoms with Gasteiger partial charge >= 0.3 is 5.97 Å². The van der Waals surface area contributed by atoms with Crippen molar-refractivity contribution in [1.82, 2.24) is 10.3 Å². The number of aromatic nitrogens is 1. The van der Waals surface area contributed by atoms with Crippen molar-refractivity contribution >= 4 is 40.6 Å². The average molecular weight is 442 g/mol. The van der Waals surface area contributed by atoms with Crippen LogP contribution in [0.4, 0.5) is 6.01 Å². The van der Waals surface area contributed by atoms with Gasteiger partial charge in [0, 0.05) is 24.7 Å². The van der Waals surface area contributed by atoms with E-state index in [1.165, 1.54) is 0 Å². The molecule has 0 aliphatic carbocycles. The minimum Gasteiger partial charge on any atom is -0.452 e. The van der Waals surface area contributed by atoms with Gasteiger partial charge in [-0.2, -0.15) is 4.98 Å². The fraction of sp³-hybridized carbons (Fsp3) is 0.348. The minimum absolute atomic E-state index is 0.251. The summed E-state index contributed by atoms with van der Waals surface area (Å²) < 4.78 is 11.2. The smallest absolute Gasteiger partial charge is 0.309 e. The number of carbonyl (C=O) groups is 2. The Kier molecular flexibility index (Phi) is 6.42. The van der Waals surface area contributed by atoms with E-state index in [1.54, 1.807) is 13.0 Å². The first-order chi connectivity index (χ1) is 15.0. The first-order valence-electron chi connectivity index (χ1n) is 10.3.